The molecule has 0 aliphatic rings. The Kier molecular flexibility index (Phi) is 4.64. The number of nitrogens with one attached hydrogen (secondary N) is 1. The molecule has 21 heavy (non-hydrogen) atoms. The first-order valence-corrected chi connectivity index (χ1v) is 6.23. The fourth-order valence-corrected chi connectivity index (χ4v) is 1.71. The highest BCUT2D eigenvalue weighted by Crippen LogP contribution is 2.13. The number of hydrogen-bond acceptors (Lipinski definition) is 3. The first-order chi connectivity index (χ1) is 10.1. The Labute approximate surface area is 121 Å². The number of hydrogen-bond donors (Lipinski definition) is 2. The van der Waals surface area contributed by atoms with Crippen molar-refractivity contribution >= 4 is 11.7 Å². The largest absolute Gasteiger partial charge is 0.384 e. The van der Waals surface area contributed by atoms with E-state index in [0.717, 1.165) is 5.56 Å². The molecule has 2 N–H and O–H groups in total. The molecule has 5 heteroatoms. The normalized spacial score (nSPS) is 9.67. The van der Waals surface area contributed by atoms with Gasteiger partial charge in [0.15, 0.2) is 0 Å². The van der Waals surface area contributed by atoms with Gasteiger partial charge in [-0.05, 0) is 42.8 Å². The highest BCUT2D eigenvalue weighted by Gasteiger charge is 2.13. The predicted molar refractivity (Wildman–Crippen MR) is 77.3 cm³/mol. The molecule has 0 unspecified atom stereocenters. The number of pyridine rings is 1. The molecule has 0 aliphatic heterocycles. The minimum atomic E-state index is -0.644. The Morgan fingerprint density at radius 2 is 2.19 bits per heavy atom. The van der Waals surface area contributed by atoms with Gasteiger partial charge in [0.25, 0.3) is 5.91 Å². The zero-order valence-electron chi connectivity index (χ0n) is 11.4. The minimum Gasteiger partial charge on any atom is -0.384 e. The van der Waals surface area contributed by atoms with Crippen LogP contribution in [0.25, 0.3) is 0 Å². The third-order valence-electron chi connectivity index (χ3n) is 2.68. The molecule has 0 spiro atoms. The number of aliphatic hydroxyl groups excluding tert-OH is 1. The van der Waals surface area contributed by atoms with Gasteiger partial charge in [-0.3, -0.25) is 4.79 Å². The smallest absolute Gasteiger partial charge is 0.259 e. The standard InChI is InChI=1S/C16H13FN2O2/c1-11-6-7-18-15(9-11)19-16(21)13-10-12(3-2-8-20)4-5-14(13)17/h4-7,9-10,20H,8H2,1H3,(H,18,19,21). The molecular formula is C16H13FN2O2. The van der Waals surface area contributed by atoms with Crippen molar-refractivity contribution in [2.75, 3.05) is 11.9 Å². The summed E-state index contributed by atoms with van der Waals surface area (Å²) in [5.74, 6) is 4.18. The number of carbonyl (C=O) groups is 1. The van der Waals surface area contributed by atoms with Crippen molar-refractivity contribution in [2.24, 2.45) is 0 Å². The van der Waals surface area contributed by atoms with Gasteiger partial charge in [0, 0.05) is 11.8 Å². The molecule has 0 aliphatic carbocycles. The predicted octanol–water partition coefficient (Wildman–Crippen LogP) is 2.13. The maximum atomic E-state index is 13.7. The van der Waals surface area contributed by atoms with Crippen molar-refractivity contribution in [1.29, 1.82) is 0 Å². The number of nitrogens with zero attached hydrogens (tertiary/aromatic N) is 1. The molecule has 2 rings (SSSR count). The van der Waals surface area contributed by atoms with Gasteiger partial charge in [-0.15, -0.1) is 0 Å². The van der Waals surface area contributed by atoms with Crippen molar-refractivity contribution < 1.29 is 14.3 Å². The molecule has 1 aromatic carbocycles. The fraction of sp³-hybridized carbons (Fsp3) is 0.125. The van der Waals surface area contributed by atoms with E-state index in [1.807, 2.05) is 6.92 Å². The SMILES string of the molecule is Cc1ccnc(NC(=O)c2cc(C#CCO)ccc2F)c1. The summed E-state index contributed by atoms with van der Waals surface area (Å²) in [5, 5.41) is 11.2. The molecule has 0 bridgehead atoms. The first kappa shape index (κ1) is 14.7. The van der Waals surface area contributed by atoms with E-state index in [1.165, 1.54) is 18.2 Å². The van der Waals surface area contributed by atoms with Crippen LogP contribution < -0.4 is 5.32 Å². The van der Waals surface area contributed by atoms with Crippen molar-refractivity contribution in [2.45, 2.75) is 6.92 Å². The van der Waals surface area contributed by atoms with Crippen LogP contribution in [0, 0.1) is 24.6 Å². The number of carbonyl (C=O) groups excluding carboxylic acids is 1. The molecule has 0 saturated heterocycles. The second kappa shape index (κ2) is 6.64. The average molecular weight is 284 g/mol. The molecule has 106 valence electrons. The Hall–Kier alpha value is -2.71. The quantitative estimate of drug-likeness (QED) is 0.830. The highest BCUT2D eigenvalue weighted by molar-refractivity contribution is 6.04. The van der Waals surface area contributed by atoms with E-state index in [1.54, 1.807) is 18.3 Å². The van der Waals surface area contributed by atoms with Gasteiger partial charge in [0.2, 0.25) is 0 Å². The van der Waals surface area contributed by atoms with Crippen LogP contribution in [0.2, 0.25) is 0 Å². The van der Waals surface area contributed by atoms with Crippen LogP contribution in [0.1, 0.15) is 21.5 Å². The van der Waals surface area contributed by atoms with E-state index in [4.69, 9.17) is 5.11 Å². The third kappa shape index (κ3) is 3.88. The zero-order valence-corrected chi connectivity index (χ0v) is 11.4. The summed E-state index contributed by atoms with van der Waals surface area (Å²) in [6.45, 7) is 1.56. The maximum absolute atomic E-state index is 13.7. The average Bonchev–Trinajstić information content (AvgIpc) is 2.46. The van der Waals surface area contributed by atoms with E-state index in [0.29, 0.717) is 11.4 Å². The Bertz CT molecular complexity index is 733. The summed E-state index contributed by atoms with van der Waals surface area (Å²) < 4.78 is 13.7. The highest BCUT2D eigenvalue weighted by atomic mass is 19.1. The van der Waals surface area contributed by atoms with Crippen molar-refractivity contribution in [1.82, 2.24) is 4.98 Å². The van der Waals surface area contributed by atoms with Crippen LogP contribution in [-0.4, -0.2) is 22.6 Å². The van der Waals surface area contributed by atoms with Gasteiger partial charge in [-0.1, -0.05) is 11.8 Å². The van der Waals surface area contributed by atoms with Crippen LogP contribution in [0.4, 0.5) is 10.2 Å². The molecule has 1 amide bonds. The van der Waals surface area contributed by atoms with E-state index in [-0.39, 0.29) is 12.2 Å². The molecule has 0 saturated carbocycles. The molecule has 1 aromatic heterocycles. The third-order valence-corrected chi connectivity index (χ3v) is 2.68. The molecule has 4 nitrogen and oxygen atoms in total. The minimum absolute atomic E-state index is 0.122. The van der Waals surface area contributed by atoms with Gasteiger partial charge in [-0.25, -0.2) is 9.37 Å². The lowest BCUT2D eigenvalue weighted by Crippen LogP contribution is -2.15. The lowest BCUT2D eigenvalue weighted by atomic mass is 10.1. The number of aryl methyl sites for hydroxylation is 1. The summed E-state index contributed by atoms with van der Waals surface area (Å²) in [4.78, 5) is 16.1. The van der Waals surface area contributed by atoms with E-state index in [2.05, 4.69) is 22.1 Å². The van der Waals surface area contributed by atoms with Crippen molar-refractivity contribution in [3.05, 3.63) is 59.0 Å². The zero-order chi connectivity index (χ0) is 15.2. The monoisotopic (exact) mass is 284 g/mol. The molecular weight excluding hydrogens is 271 g/mol. The summed E-state index contributed by atoms with van der Waals surface area (Å²) in [5.41, 5.74) is 1.26. The second-order valence-electron chi connectivity index (χ2n) is 4.33. The topological polar surface area (TPSA) is 62.2 Å². The van der Waals surface area contributed by atoms with Gasteiger partial charge >= 0.3 is 0 Å². The number of halogens is 1. The maximum Gasteiger partial charge on any atom is 0.259 e. The fourth-order valence-electron chi connectivity index (χ4n) is 1.71. The number of benzene rings is 1. The second-order valence-corrected chi connectivity index (χ2v) is 4.33. The Balaban J connectivity index is 2.26. The molecule has 1 heterocycles. The first-order valence-electron chi connectivity index (χ1n) is 6.23. The molecule has 2 aromatic rings. The van der Waals surface area contributed by atoms with E-state index < -0.39 is 11.7 Å². The summed E-state index contributed by atoms with van der Waals surface area (Å²) in [7, 11) is 0. The van der Waals surface area contributed by atoms with Crippen LogP contribution >= 0.6 is 0 Å². The van der Waals surface area contributed by atoms with Gasteiger partial charge in [0.1, 0.15) is 18.2 Å². The number of rotatable bonds is 2. The number of anilines is 1. The van der Waals surface area contributed by atoms with Gasteiger partial charge in [-0.2, -0.15) is 0 Å². The van der Waals surface area contributed by atoms with E-state index >= 15 is 0 Å². The lowest BCUT2D eigenvalue weighted by Gasteiger charge is -2.06. The number of amides is 1. The van der Waals surface area contributed by atoms with Crippen molar-refractivity contribution in [3.63, 3.8) is 0 Å². The van der Waals surface area contributed by atoms with Crippen LogP contribution in [0.5, 0.6) is 0 Å². The van der Waals surface area contributed by atoms with Gasteiger partial charge < -0.3 is 10.4 Å². The summed E-state index contributed by atoms with van der Waals surface area (Å²) in [6, 6.07) is 7.43. The van der Waals surface area contributed by atoms with E-state index in [9.17, 15) is 9.18 Å². The number of aliphatic hydroxyl groups is 1. The summed E-state index contributed by atoms with van der Waals surface area (Å²) in [6.07, 6.45) is 1.56. The van der Waals surface area contributed by atoms with Gasteiger partial charge in [0.05, 0.1) is 5.56 Å². The molecule has 0 fully saturated rings. The summed E-state index contributed by atoms with van der Waals surface area (Å²) >= 11 is 0. The Morgan fingerprint density at radius 3 is 2.90 bits per heavy atom. The lowest BCUT2D eigenvalue weighted by molar-refractivity contribution is 0.102. The molecule has 0 radical (unpaired) electrons. The van der Waals surface area contributed by atoms with Crippen LogP contribution in [0.3, 0.4) is 0 Å². The van der Waals surface area contributed by atoms with Crippen LogP contribution in [-0.2, 0) is 0 Å². The van der Waals surface area contributed by atoms with Crippen molar-refractivity contribution in [3.8, 4) is 11.8 Å². The molecule has 0 atom stereocenters. The Morgan fingerprint density at radius 1 is 1.38 bits per heavy atom. The van der Waals surface area contributed by atoms with Crippen LogP contribution in [0.15, 0.2) is 36.5 Å². The number of aromatic nitrogens is 1.